The van der Waals surface area contributed by atoms with Crippen LogP contribution in [0.25, 0.3) is 0 Å². The predicted octanol–water partition coefficient (Wildman–Crippen LogP) is -0.135. The van der Waals surface area contributed by atoms with E-state index >= 15 is 0 Å². The molecule has 1 fully saturated rings. The Labute approximate surface area is 67.3 Å². The van der Waals surface area contributed by atoms with Crippen molar-refractivity contribution in [3.05, 3.63) is 12.7 Å². The Hall–Kier alpha value is -0.380. The van der Waals surface area contributed by atoms with Crippen LogP contribution in [0.5, 0.6) is 0 Å². The minimum atomic E-state index is -0.395. The average Bonchev–Trinajstić information content (AvgIpc) is 2.06. The van der Waals surface area contributed by atoms with Crippen LogP contribution in [0.15, 0.2) is 12.7 Å². The van der Waals surface area contributed by atoms with Gasteiger partial charge in [0.25, 0.3) is 0 Å². The van der Waals surface area contributed by atoms with E-state index in [2.05, 4.69) is 11.5 Å². The van der Waals surface area contributed by atoms with Gasteiger partial charge in [0.05, 0.1) is 19.3 Å². The van der Waals surface area contributed by atoms with E-state index in [-0.39, 0.29) is 0 Å². The Balaban J connectivity index is 2.18. The fourth-order valence-corrected chi connectivity index (χ4v) is 1.12. The molecule has 0 saturated carbocycles. The quantitative estimate of drug-likeness (QED) is 0.579. The van der Waals surface area contributed by atoms with E-state index in [0.717, 1.165) is 26.3 Å². The van der Waals surface area contributed by atoms with Crippen molar-refractivity contribution in [1.29, 1.82) is 0 Å². The molecule has 64 valence electrons. The molecule has 1 N–H and O–H groups in total. The third kappa shape index (κ3) is 3.01. The van der Waals surface area contributed by atoms with E-state index in [0.29, 0.717) is 6.54 Å². The zero-order valence-corrected chi connectivity index (χ0v) is 6.70. The third-order valence-corrected chi connectivity index (χ3v) is 1.82. The molecule has 0 radical (unpaired) electrons. The van der Waals surface area contributed by atoms with Crippen molar-refractivity contribution in [3.63, 3.8) is 0 Å². The first-order valence-corrected chi connectivity index (χ1v) is 3.93. The predicted molar refractivity (Wildman–Crippen MR) is 43.5 cm³/mol. The molecule has 1 aliphatic rings. The molecular weight excluding hydrogens is 142 g/mol. The fraction of sp³-hybridized carbons (Fsp3) is 0.750. The normalized spacial score (nSPS) is 23.0. The lowest BCUT2D eigenvalue weighted by Crippen LogP contribution is -2.40. The number of aliphatic hydroxyl groups excluding tert-OH is 1. The highest BCUT2D eigenvalue weighted by Gasteiger charge is 2.12. The molecule has 1 rings (SSSR count). The SMILES string of the molecule is C=CC(O)CN1CCOCC1. The molecule has 1 unspecified atom stereocenters. The van der Waals surface area contributed by atoms with Gasteiger partial charge in [-0.25, -0.2) is 0 Å². The van der Waals surface area contributed by atoms with Crippen LogP contribution in [0, 0.1) is 0 Å². The van der Waals surface area contributed by atoms with Crippen LogP contribution in [0.4, 0.5) is 0 Å². The topological polar surface area (TPSA) is 32.7 Å². The Morgan fingerprint density at radius 1 is 1.55 bits per heavy atom. The number of morpholine rings is 1. The molecule has 0 aromatic rings. The van der Waals surface area contributed by atoms with Gasteiger partial charge in [-0.05, 0) is 0 Å². The van der Waals surface area contributed by atoms with Gasteiger partial charge in [-0.15, -0.1) is 6.58 Å². The van der Waals surface area contributed by atoms with Gasteiger partial charge in [-0.3, -0.25) is 4.90 Å². The highest BCUT2D eigenvalue weighted by Crippen LogP contribution is 1.98. The van der Waals surface area contributed by atoms with E-state index in [1.165, 1.54) is 0 Å². The molecule has 1 heterocycles. The highest BCUT2D eigenvalue weighted by molar-refractivity contribution is 4.81. The van der Waals surface area contributed by atoms with Crippen molar-refractivity contribution in [2.24, 2.45) is 0 Å². The number of hydrogen-bond acceptors (Lipinski definition) is 3. The van der Waals surface area contributed by atoms with E-state index in [9.17, 15) is 5.11 Å². The van der Waals surface area contributed by atoms with Gasteiger partial charge in [-0.1, -0.05) is 6.08 Å². The molecule has 0 spiro atoms. The van der Waals surface area contributed by atoms with Crippen molar-refractivity contribution in [1.82, 2.24) is 4.90 Å². The maximum atomic E-state index is 9.21. The van der Waals surface area contributed by atoms with Crippen molar-refractivity contribution in [2.75, 3.05) is 32.8 Å². The van der Waals surface area contributed by atoms with Crippen LogP contribution in [0.1, 0.15) is 0 Å². The summed E-state index contributed by atoms with van der Waals surface area (Å²) in [6, 6.07) is 0. The molecule has 3 nitrogen and oxygen atoms in total. The number of rotatable bonds is 3. The van der Waals surface area contributed by atoms with Gasteiger partial charge >= 0.3 is 0 Å². The molecule has 1 saturated heterocycles. The van der Waals surface area contributed by atoms with Crippen molar-refractivity contribution in [2.45, 2.75) is 6.10 Å². The lowest BCUT2D eigenvalue weighted by Gasteiger charge is -2.27. The van der Waals surface area contributed by atoms with Gasteiger partial charge in [0.15, 0.2) is 0 Å². The molecule has 3 heteroatoms. The molecular formula is C8H15NO2. The molecule has 11 heavy (non-hydrogen) atoms. The van der Waals surface area contributed by atoms with Crippen molar-refractivity contribution >= 4 is 0 Å². The van der Waals surface area contributed by atoms with Crippen molar-refractivity contribution < 1.29 is 9.84 Å². The smallest absolute Gasteiger partial charge is 0.0845 e. The van der Waals surface area contributed by atoms with Crippen LogP contribution >= 0.6 is 0 Å². The first-order valence-electron chi connectivity index (χ1n) is 3.93. The number of ether oxygens (including phenoxy) is 1. The number of β-amino-alcohol motifs (C(OH)–C–C–N with tert-alkyl or cyclic N) is 1. The van der Waals surface area contributed by atoms with Crippen LogP contribution in [0.2, 0.25) is 0 Å². The average molecular weight is 157 g/mol. The minimum Gasteiger partial charge on any atom is -0.388 e. The summed E-state index contributed by atoms with van der Waals surface area (Å²) < 4.78 is 5.17. The minimum absolute atomic E-state index is 0.395. The molecule has 1 atom stereocenters. The van der Waals surface area contributed by atoms with E-state index in [4.69, 9.17) is 4.74 Å². The van der Waals surface area contributed by atoms with Gasteiger partial charge in [0.1, 0.15) is 0 Å². The summed E-state index contributed by atoms with van der Waals surface area (Å²) >= 11 is 0. The number of aliphatic hydroxyl groups is 1. The molecule has 1 aliphatic heterocycles. The third-order valence-electron chi connectivity index (χ3n) is 1.82. The Morgan fingerprint density at radius 3 is 2.73 bits per heavy atom. The molecule has 0 aliphatic carbocycles. The van der Waals surface area contributed by atoms with Crippen LogP contribution in [-0.2, 0) is 4.74 Å². The summed E-state index contributed by atoms with van der Waals surface area (Å²) in [6.45, 7) is 7.61. The zero-order valence-electron chi connectivity index (χ0n) is 6.70. The van der Waals surface area contributed by atoms with Crippen LogP contribution in [-0.4, -0.2) is 49.0 Å². The first kappa shape index (κ1) is 8.71. The summed E-state index contributed by atoms with van der Waals surface area (Å²) in [5.74, 6) is 0. The summed E-state index contributed by atoms with van der Waals surface area (Å²) in [6.07, 6.45) is 1.17. The van der Waals surface area contributed by atoms with E-state index < -0.39 is 6.10 Å². The zero-order chi connectivity index (χ0) is 8.10. The Morgan fingerprint density at radius 2 is 2.18 bits per heavy atom. The second kappa shape index (κ2) is 4.49. The summed E-state index contributed by atoms with van der Waals surface area (Å²) in [7, 11) is 0. The van der Waals surface area contributed by atoms with Gasteiger partial charge < -0.3 is 9.84 Å². The molecule has 0 amide bonds. The van der Waals surface area contributed by atoms with Crippen molar-refractivity contribution in [3.8, 4) is 0 Å². The monoisotopic (exact) mass is 157 g/mol. The summed E-state index contributed by atoms with van der Waals surface area (Å²) in [4.78, 5) is 2.18. The van der Waals surface area contributed by atoms with E-state index in [1.807, 2.05) is 0 Å². The van der Waals surface area contributed by atoms with Gasteiger partial charge in [-0.2, -0.15) is 0 Å². The first-order chi connectivity index (χ1) is 5.33. The molecule has 0 aromatic heterocycles. The number of hydrogen-bond donors (Lipinski definition) is 1. The maximum absolute atomic E-state index is 9.21. The molecule has 0 aromatic carbocycles. The van der Waals surface area contributed by atoms with Gasteiger partial charge in [0.2, 0.25) is 0 Å². The lowest BCUT2D eigenvalue weighted by molar-refractivity contribution is 0.0223. The lowest BCUT2D eigenvalue weighted by atomic mass is 10.3. The highest BCUT2D eigenvalue weighted by atomic mass is 16.5. The van der Waals surface area contributed by atoms with Gasteiger partial charge in [0, 0.05) is 19.6 Å². The fourth-order valence-electron chi connectivity index (χ4n) is 1.12. The van der Waals surface area contributed by atoms with Crippen LogP contribution in [0.3, 0.4) is 0 Å². The maximum Gasteiger partial charge on any atom is 0.0845 e. The summed E-state index contributed by atoms with van der Waals surface area (Å²) in [5, 5.41) is 9.21. The second-order valence-electron chi connectivity index (χ2n) is 2.72. The number of nitrogens with zero attached hydrogens (tertiary/aromatic N) is 1. The standard InChI is InChI=1S/C8H15NO2/c1-2-8(10)7-9-3-5-11-6-4-9/h2,8,10H,1,3-7H2. The second-order valence-corrected chi connectivity index (χ2v) is 2.72. The summed E-state index contributed by atoms with van der Waals surface area (Å²) in [5.41, 5.74) is 0. The molecule has 0 bridgehead atoms. The van der Waals surface area contributed by atoms with E-state index in [1.54, 1.807) is 6.08 Å². The van der Waals surface area contributed by atoms with Crippen LogP contribution < -0.4 is 0 Å². The Bertz CT molecular complexity index is 121. The largest absolute Gasteiger partial charge is 0.388 e. The Kier molecular flexibility index (Phi) is 3.56.